The van der Waals surface area contributed by atoms with Gasteiger partial charge in [-0.05, 0) is 60.9 Å². The number of nitrogens with one attached hydrogen (secondary N) is 1. The van der Waals surface area contributed by atoms with E-state index in [0.717, 1.165) is 18.7 Å². The van der Waals surface area contributed by atoms with Crippen molar-refractivity contribution in [1.29, 1.82) is 0 Å². The van der Waals surface area contributed by atoms with Crippen molar-refractivity contribution in [2.24, 2.45) is 5.92 Å². The molecule has 1 aliphatic carbocycles. The number of aromatic nitrogens is 2. The van der Waals surface area contributed by atoms with E-state index in [0.29, 0.717) is 18.9 Å². The molecule has 0 spiro atoms. The lowest BCUT2D eigenvalue weighted by Crippen LogP contribution is -2.29. The van der Waals surface area contributed by atoms with Crippen LogP contribution in [0, 0.1) is 12.8 Å². The van der Waals surface area contributed by atoms with Gasteiger partial charge in [-0.3, -0.25) is 9.78 Å². The normalized spacial score (nSPS) is 15.1. The van der Waals surface area contributed by atoms with Crippen LogP contribution in [0.15, 0.2) is 79.1 Å². The van der Waals surface area contributed by atoms with Crippen LogP contribution in [0.2, 0.25) is 0 Å². The number of amides is 1. The summed E-state index contributed by atoms with van der Waals surface area (Å²) < 4.78 is 2.38. The average Bonchev–Trinajstić information content (AvgIpc) is 3.28. The number of hydrogen-bond acceptors (Lipinski definition) is 2. The van der Waals surface area contributed by atoms with Crippen molar-refractivity contribution in [3.8, 4) is 0 Å². The van der Waals surface area contributed by atoms with Crippen LogP contribution in [0.3, 0.4) is 0 Å². The monoisotopic (exact) mass is 479 g/mol. The molecule has 1 saturated carbocycles. The highest BCUT2D eigenvalue weighted by atomic mass is 16.1. The second-order valence-electron chi connectivity index (χ2n) is 10.3. The Hall–Kier alpha value is -3.40. The number of hydrogen-bond donors (Lipinski definition) is 1. The zero-order valence-corrected chi connectivity index (χ0v) is 21.3. The van der Waals surface area contributed by atoms with Crippen LogP contribution in [-0.4, -0.2) is 22.0 Å². The summed E-state index contributed by atoms with van der Waals surface area (Å²) in [6.07, 6.45) is 11.7. The van der Waals surface area contributed by atoms with E-state index >= 15 is 0 Å². The van der Waals surface area contributed by atoms with E-state index in [9.17, 15) is 4.79 Å². The summed E-state index contributed by atoms with van der Waals surface area (Å²) in [6.45, 7) is 3.60. The predicted molar refractivity (Wildman–Crippen MR) is 147 cm³/mol. The molecule has 0 radical (unpaired) electrons. The molecule has 2 aromatic heterocycles. The second-order valence-corrected chi connectivity index (χ2v) is 10.3. The number of carbonyl (C=O) groups is 1. The van der Waals surface area contributed by atoms with E-state index in [4.69, 9.17) is 0 Å². The molecule has 0 aliphatic heterocycles. The highest BCUT2D eigenvalue weighted by molar-refractivity contribution is 5.86. The molecular formula is C32H37N3O. The Morgan fingerprint density at radius 1 is 1.00 bits per heavy atom. The Labute approximate surface area is 214 Å². The van der Waals surface area contributed by atoms with Crippen LogP contribution in [0.5, 0.6) is 0 Å². The molecule has 0 saturated heterocycles. The summed E-state index contributed by atoms with van der Waals surface area (Å²) in [5.74, 6) is 0.945. The van der Waals surface area contributed by atoms with Gasteiger partial charge in [-0.1, -0.05) is 73.4 Å². The van der Waals surface area contributed by atoms with E-state index in [1.165, 1.54) is 59.7 Å². The third-order valence-electron chi connectivity index (χ3n) is 7.75. The average molecular weight is 480 g/mol. The maximum atomic E-state index is 13.2. The molecule has 1 atom stereocenters. The SMILES string of the molecule is Cc1ccc(Cn2cc([C@H](CC(=O)NCCc3ccccn3)C3CCCCC3)c3ccccc32)cc1. The number of benzene rings is 2. The van der Waals surface area contributed by atoms with Crippen LogP contribution in [0.25, 0.3) is 10.9 Å². The van der Waals surface area contributed by atoms with Crippen LogP contribution in [0.1, 0.15) is 66.8 Å². The number of aryl methyl sites for hydroxylation is 1. The van der Waals surface area contributed by atoms with Crippen molar-refractivity contribution in [2.45, 2.75) is 64.3 Å². The number of rotatable bonds is 9. The van der Waals surface area contributed by atoms with Gasteiger partial charge in [0.05, 0.1) is 0 Å². The maximum absolute atomic E-state index is 13.2. The Morgan fingerprint density at radius 3 is 2.56 bits per heavy atom. The molecule has 4 aromatic rings. The molecule has 0 bridgehead atoms. The van der Waals surface area contributed by atoms with E-state index in [1.54, 1.807) is 0 Å². The number of nitrogens with zero attached hydrogens (tertiary/aromatic N) is 2. The molecule has 186 valence electrons. The minimum Gasteiger partial charge on any atom is -0.356 e. The minimum absolute atomic E-state index is 0.150. The van der Waals surface area contributed by atoms with E-state index in [2.05, 4.69) is 76.5 Å². The van der Waals surface area contributed by atoms with Crippen LogP contribution in [0.4, 0.5) is 0 Å². The van der Waals surface area contributed by atoms with Gasteiger partial charge in [0.2, 0.25) is 5.91 Å². The number of para-hydroxylation sites is 1. The van der Waals surface area contributed by atoms with Crippen LogP contribution < -0.4 is 5.32 Å². The fourth-order valence-electron chi connectivity index (χ4n) is 5.81. The summed E-state index contributed by atoms with van der Waals surface area (Å²) in [5, 5.41) is 4.48. The van der Waals surface area contributed by atoms with Crippen molar-refractivity contribution in [3.05, 3.63) is 102 Å². The Balaban J connectivity index is 1.38. The third-order valence-corrected chi connectivity index (χ3v) is 7.75. The van der Waals surface area contributed by atoms with Gasteiger partial charge < -0.3 is 9.88 Å². The van der Waals surface area contributed by atoms with Crippen LogP contribution in [-0.2, 0) is 17.8 Å². The minimum atomic E-state index is 0.150. The Morgan fingerprint density at radius 2 is 1.78 bits per heavy atom. The van der Waals surface area contributed by atoms with Crippen molar-refractivity contribution < 1.29 is 4.79 Å². The van der Waals surface area contributed by atoms with Gasteiger partial charge >= 0.3 is 0 Å². The zero-order valence-electron chi connectivity index (χ0n) is 21.3. The first kappa shape index (κ1) is 24.3. The van der Waals surface area contributed by atoms with Gasteiger partial charge in [0.25, 0.3) is 0 Å². The summed E-state index contributed by atoms with van der Waals surface area (Å²) in [4.78, 5) is 17.6. The molecule has 4 nitrogen and oxygen atoms in total. The van der Waals surface area contributed by atoms with E-state index in [1.807, 2.05) is 24.4 Å². The predicted octanol–water partition coefficient (Wildman–Crippen LogP) is 6.81. The lowest BCUT2D eigenvalue weighted by atomic mass is 9.75. The lowest BCUT2D eigenvalue weighted by molar-refractivity contribution is -0.121. The Bertz CT molecular complexity index is 1270. The standard InChI is InChI=1S/C32H37N3O/c1-24-14-16-25(17-15-24)22-35-23-30(28-12-5-6-13-31(28)35)29(26-9-3-2-4-10-26)21-32(36)34-20-18-27-11-7-8-19-33-27/h5-8,11-17,19,23,26,29H,2-4,9-10,18,20-22H2,1H3,(H,34,36)/t29-/m1/s1. The first-order valence-electron chi connectivity index (χ1n) is 13.5. The van der Waals surface area contributed by atoms with Gasteiger partial charge in [-0.15, -0.1) is 0 Å². The van der Waals surface area contributed by atoms with Crippen molar-refractivity contribution in [3.63, 3.8) is 0 Å². The lowest BCUT2D eigenvalue weighted by Gasteiger charge is -2.30. The van der Waals surface area contributed by atoms with Gasteiger partial charge in [0.15, 0.2) is 0 Å². The molecule has 0 unspecified atom stereocenters. The van der Waals surface area contributed by atoms with Gasteiger partial charge in [0.1, 0.15) is 0 Å². The largest absolute Gasteiger partial charge is 0.356 e. The summed E-state index contributed by atoms with van der Waals surface area (Å²) in [5.41, 5.74) is 6.19. The molecule has 2 aromatic carbocycles. The first-order valence-corrected chi connectivity index (χ1v) is 13.5. The molecule has 1 N–H and O–H groups in total. The Kier molecular flexibility index (Phi) is 7.80. The van der Waals surface area contributed by atoms with E-state index in [-0.39, 0.29) is 11.8 Å². The molecule has 5 rings (SSSR count). The van der Waals surface area contributed by atoms with Gasteiger partial charge in [-0.2, -0.15) is 0 Å². The fraction of sp³-hybridized carbons (Fsp3) is 0.375. The second kappa shape index (κ2) is 11.6. The van der Waals surface area contributed by atoms with Crippen LogP contribution >= 0.6 is 0 Å². The molecule has 36 heavy (non-hydrogen) atoms. The molecule has 1 fully saturated rings. The zero-order chi connectivity index (χ0) is 24.7. The molecule has 1 amide bonds. The number of carbonyl (C=O) groups excluding carboxylic acids is 1. The highest BCUT2D eigenvalue weighted by Gasteiger charge is 2.29. The van der Waals surface area contributed by atoms with Crippen molar-refractivity contribution in [2.75, 3.05) is 6.54 Å². The smallest absolute Gasteiger partial charge is 0.220 e. The van der Waals surface area contributed by atoms with Gasteiger partial charge in [-0.25, -0.2) is 0 Å². The molecule has 2 heterocycles. The topological polar surface area (TPSA) is 46.9 Å². The van der Waals surface area contributed by atoms with Crippen molar-refractivity contribution in [1.82, 2.24) is 14.9 Å². The van der Waals surface area contributed by atoms with Gasteiger partial charge in [0, 0.05) is 54.9 Å². The third kappa shape index (κ3) is 5.87. The summed E-state index contributed by atoms with van der Waals surface area (Å²) in [7, 11) is 0. The van der Waals surface area contributed by atoms with E-state index < -0.39 is 0 Å². The molecule has 4 heteroatoms. The van der Waals surface area contributed by atoms with Crippen molar-refractivity contribution >= 4 is 16.8 Å². The summed E-state index contributed by atoms with van der Waals surface area (Å²) >= 11 is 0. The quantitative estimate of drug-likeness (QED) is 0.287. The highest BCUT2D eigenvalue weighted by Crippen LogP contribution is 2.41. The fourth-order valence-corrected chi connectivity index (χ4v) is 5.81. The number of fused-ring (bicyclic) bond motifs is 1. The number of pyridine rings is 1. The molecular weight excluding hydrogens is 442 g/mol. The summed E-state index contributed by atoms with van der Waals surface area (Å²) in [6, 6.07) is 23.5. The maximum Gasteiger partial charge on any atom is 0.220 e. The molecule has 1 aliphatic rings. The first-order chi connectivity index (χ1) is 17.7.